The maximum absolute atomic E-state index is 11.5. The Morgan fingerprint density at radius 3 is 2.50 bits per heavy atom. The predicted molar refractivity (Wildman–Crippen MR) is 69.9 cm³/mol. The maximum Gasteiger partial charge on any atom is 0.328 e. The van der Waals surface area contributed by atoms with Crippen LogP contribution in [-0.2, 0) is 14.3 Å². The molecule has 0 aliphatic carbocycles. The molecule has 0 saturated carbocycles. The fourth-order valence-corrected chi connectivity index (χ4v) is 1.91. The second kappa shape index (κ2) is 9.84. The summed E-state index contributed by atoms with van der Waals surface area (Å²) in [6.07, 6.45) is 4.42. The molecule has 1 atom stereocenters. The zero-order valence-electron chi connectivity index (χ0n) is 9.95. The van der Waals surface area contributed by atoms with Gasteiger partial charge >= 0.3 is 5.97 Å². The molecule has 0 aromatic carbocycles. The summed E-state index contributed by atoms with van der Waals surface area (Å²) in [5.41, 5.74) is 0. The molecular formula is C10H19NO3S2. The third kappa shape index (κ3) is 7.00. The van der Waals surface area contributed by atoms with E-state index in [4.69, 9.17) is 4.74 Å². The molecule has 0 fully saturated rings. The number of amides is 1. The van der Waals surface area contributed by atoms with E-state index >= 15 is 0 Å². The number of carbonyl (C=O) groups excluding carboxylic acids is 2. The van der Waals surface area contributed by atoms with Crippen molar-refractivity contribution in [3.8, 4) is 0 Å². The highest BCUT2D eigenvalue weighted by Crippen LogP contribution is 2.03. The minimum Gasteiger partial charge on any atom is -0.464 e. The van der Waals surface area contributed by atoms with Crippen molar-refractivity contribution in [1.82, 2.24) is 5.32 Å². The van der Waals surface area contributed by atoms with Crippen LogP contribution in [0.1, 0.15) is 13.3 Å². The first-order valence-electron chi connectivity index (χ1n) is 5.09. The van der Waals surface area contributed by atoms with Crippen molar-refractivity contribution in [2.75, 3.05) is 30.6 Å². The molecule has 0 aromatic rings. The van der Waals surface area contributed by atoms with Crippen molar-refractivity contribution in [1.29, 1.82) is 0 Å². The number of thioether (sulfide) groups is 2. The molecule has 0 aliphatic heterocycles. The molecular weight excluding hydrogens is 246 g/mol. The van der Waals surface area contributed by atoms with E-state index in [-0.39, 0.29) is 11.9 Å². The molecule has 0 aromatic heterocycles. The van der Waals surface area contributed by atoms with Gasteiger partial charge in [0.05, 0.1) is 12.4 Å². The topological polar surface area (TPSA) is 55.4 Å². The number of hydrogen-bond donors (Lipinski definition) is 1. The molecule has 4 nitrogen and oxygen atoms in total. The summed E-state index contributed by atoms with van der Waals surface area (Å²) in [5.74, 6) is 0.732. The lowest BCUT2D eigenvalue weighted by atomic mass is 10.2. The Labute approximate surface area is 105 Å². The number of hydrogen-bond acceptors (Lipinski definition) is 5. The van der Waals surface area contributed by atoms with Crippen LogP contribution in [0.3, 0.4) is 0 Å². The van der Waals surface area contributed by atoms with E-state index in [1.165, 1.54) is 11.8 Å². The van der Waals surface area contributed by atoms with Gasteiger partial charge in [0, 0.05) is 0 Å². The molecule has 0 spiro atoms. The van der Waals surface area contributed by atoms with E-state index < -0.39 is 6.04 Å². The molecule has 94 valence electrons. The number of rotatable bonds is 8. The highest BCUT2D eigenvalue weighted by Gasteiger charge is 2.20. The largest absolute Gasteiger partial charge is 0.464 e. The van der Waals surface area contributed by atoms with E-state index in [0.29, 0.717) is 18.8 Å². The third-order valence-corrected chi connectivity index (χ3v) is 2.99. The Hall–Kier alpha value is -0.360. The summed E-state index contributed by atoms with van der Waals surface area (Å²) in [5, 5.41) is 2.69. The second-order valence-corrected chi connectivity index (χ2v) is 4.94. The molecule has 0 radical (unpaired) electrons. The fraction of sp³-hybridized carbons (Fsp3) is 0.800. The first kappa shape index (κ1) is 15.6. The van der Waals surface area contributed by atoms with Crippen LogP contribution in [-0.4, -0.2) is 48.5 Å². The van der Waals surface area contributed by atoms with Gasteiger partial charge in [-0.15, -0.1) is 0 Å². The van der Waals surface area contributed by atoms with E-state index in [1.807, 2.05) is 12.5 Å². The first-order valence-corrected chi connectivity index (χ1v) is 7.88. The number of carbonyl (C=O) groups is 2. The van der Waals surface area contributed by atoms with Gasteiger partial charge in [0.2, 0.25) is 5.91 Å². The summed E-state index contributed by atoms with van der Waals surface area (Å²) in [7, 11) is 0. The number of nitrogens with one attached hydrogen (secondary N) is 1. The molecule has 1 N–H and O–H groups in total. The molecule has 0 rings (SSSR count). The zero-order chi connectivity index (χ0) is 12.4. The minimum atomic E-state index is -0.507. The Kier molecular flexibility index (Phi) is 9.62. The highest BCUT2D eigenvalue weighted by molar-refractivity contribution is 7.99. The van der Waals surface area contributed by atoms with E-state index in [2.05, 4.69) is 5.32 Å². The predicted octanol–water partition coefficient (Wildman–Crippen LogP) is 1.15. The quantitative estimate of drug-likeness (QED) is 0.667. The van der Waals surface area contributed by atoms with E-state index in [0.717, 1.165) is 5.75 Å². The highest BCUT2D eigenvalue weighted by atomic mass is 32.2. The van der Waals surface area contributed by atoms with Crippen molar-refractivity contribution in [3.05, 3.63) is 0 Å². The van der Waals surface area contributed by atoms with Gasteiger partial charge in [-0.25, -0.2) is 4.79 Å². The summed E-state index contributed by atoms with van der Waals surface area (Å²) in [6, 6.07) is -0.507. The van der Waals surface area contributed by atoms with Crippen molar-refractivity contribution < 1.29 is 14.3 Å². The zero-order valence-corrected chi connectivity index (χ0v) is 11.6. The molecule has 0 aliphatic rings. The summed E-state index contributed by atoms with van der Waals surface area (Å²) >= 11 is 3.07. The second-order valence-electron chi connectivity index (χ2n) is 3.09. The monoisotopic (exact) mass is 265 g/mol. The SMILES string of the molecule is CCOC(=O)[C@H](CCSC)NC(=O)CSC. The van der Waals surface area contributed by atoms with Crippen LogP contribution in [0.4, 0.5) is 0 Å². The average molecular weight is 265 g/mol. The summed E-state index contributed by atoms with van der Waals surface area (Å²) in [4.78, 5) is 22.9. The van der Waals surface area contributed by atoms with E-state index in [9.17, 15) is 9.59 Å². The van der Waals surface area contributed by atoms with Gasteiger partial charge in [0.1, 0.15) is 6.04 Å². The van der Waals surface area contributed by atoms with E-state index in [1.54, 1.807) is 18.7 Å². The molecule has 0 heterocycles. The molecule has 0 unspecified atom stereocenters. The molecule has 16 heavy (non-hydrogen) atoms. The van der Waals surface area contributed by atoms with Crippen molar-refractivity contribution >= 4 is 35.4 Å². The van der Waals surface area contributed by atoms with Crippen LogP contribution in [0.25, 0.3) is 0 Å². The maximum atomic E-state index is 11.5. The van der Waals surface area contributed by atoms with Gasteiger partial charge in [-0.3, -0.25) is 4.79 Å². The van der Waals surface area contributed by atoms with Crippen molar-refractivity contribution in [2.24, 2.45) is 0 Å². The van der Waals surface area contributed by atoms with Gasteiger partial charge in [-0.2, -0.15) is 23.5 Å². The smallest absolute Gasteiger partial charge is 0.328 e. The van der Waals surface area contributed by atoms with Crippen LogP contribution < -0.4 is 5.32 Å². The van der Waals surface area contributed by atoms with Crippen LogP contribution >= 0.6 is 23.5 Å². The Morgan fingerprint density at radius 1 is 1.31 bits per heavy atom. The Balaban J connectivity index is 4.18. The lowest BCUT2D eigenvalue weighted by molar-refractivity contribution is -0.147. The van der Waals surface area contributed by atoms with Gasteiger partial charge in [-0.1, -0.05) is 0 Å². The average Bonchev–Trinajstić information content (AvgIpc) is 2.24. The molecule has 1 amide bonds. The molecule has 0 bridgehead atoms. The van der Waals surface area contributed by atoms with Crippen LogP contribution in [0.5, 0.6) is 0 Å². The number of ether oxygens (including phenoxy) is 1. The number of esters is 1. The van der Waals surface area contributed by atoms with Crippen LogP contribution in [0.2, 0.25) is 0 Å². The standard InChI is InChI=1S/C10H19NO3S2/c1-4-14-10(13)8(5-6-15-2)11-9(12)7-16-3/h8H,4-7H2,1-3H3,(H,11,12)/t8-/m0/s1. The normalized spacial score (nSPS) is 11.9. The minimum absolute atomic E-state index is 0.119. The van der Waals surface area contributed by atoms with Crippen molar-refractivity contribution in [3.63, 3.8) is 0 Å². The van der Waals surface area contributed by atoms with Gasteiger partial charge in [0.15, 0.2) is 0 Å². The molecule has 6 heteroatoms. The molecule has 0 saturated heterocycles. The summed E-state index contributed by atoms with van der Waals surface area (Å²) < 4.78 is 4.91. The fourth-order valence-electron chi connectivity index (χ4n) is 1.09. The lowest BCUT2D eigenvalue weighted by Gasteiger charge is -2.16. The lowest BCUT2D eigenvalue weighted by Crippen LogP contribution is -2.43. The van der Waals surface area contributed by atoms with Gasteiger partial charge in [0.25, 0.3) is 0 Å². The first-order chi connectivity index (χ1) is 7.65. The Morgan fingerprint density at radius 2 is 2.00 bits per heavy atom. The van der Waals surface area contributed by atoms with Crippen LogP contribution in [0.15, 0.2) is 0 Å². The van der Waals surface area contributed by atoms with Crippen LogP contribution in [0, 0.1) is 0 Å². The third-order valence-electron chi connectivity index (χ3n) is 1.79. The van der Waals surface area contributed by atoms with Crippen molar-refractivity contribution in [2.45, 2.75) is 19.4 Å². The Bertz CT molecular complexity index is 224. The van der Waals surface area contributed by atoms with Gasteiger partial charge < -0.3 is 10.1 Å². The summed E-state index contributed by atoms with van der Waals surface area (Å²) in [6.45, 7) is 2.10. The van der Waals surface area contributed by atoms with Gasteiger partial charge in [-0.05, 0) is 31.6 Å².